The summed E-state index contributed by atoms with van der Waals surface area (Å²) in [5.74, 6) is -3.25. The Kier molecular flexibility index (Phi) is 2.68. The number of para-hydroxylation sites is 1. The molecule has 2 aliphatic heterocycles. The van der Waals surface area contributed by atoms with Gasteiger partial charge in [-0.25, -0.2) is 4.79 Å². The van der Waals surface area contributed by atoms with Crippen LogP contribution in [0, 0.1) is 0 Å². The molecule has 2 aromatic rings. The highest BCUT2D eigenvalue weighted by Gasteiger charge is 2.73. The maximum Gasteiger partial charge on any atom is 0.345 e. The number of fused-ring (bicyclic) bond motifs is 2. The van der Waals surface area contributed by atoms with Crippen molar-refractivity contribution in [1.29, 1.82) is 0 Å². The molecule has 0 spiro atoms. The highest BCUT2D eigenvalue weighted by atomic mass is 16.7. The molecular weight excluding hydrogens is 290 g/mol. The Labute approximate surface area is 125 Å². The summed E-state index contributed by atoms with van der Waals surface area (Å²) in [5.41, 5.74) is -0.862. The van der Waals surface area contributed by atoms with Crippen LogP contribution in [-0.4, -0.2) is 56.5 Å². The first-order chi connectivity index (χ1) is 10.4. The Morgan fingerprint density at radius 3 is 2.86 bits per heavy atom. The molecule has 22 heavy (non-hydrogen) atoms. The Morgan fingerprint density at radius 1 is 1.32 bits per heavy atom. The Balaban J connectivity index is 1.72. The maximum absolute atomic E-state index is 12.0. The van der Waals surface area contributed by atoms with Gasteiger partial charge in [0.05, 0.1) is 6.61 Å². The zero-order valence-electron chi connectivity index (χ0n) is 11.5. The number of aliphatic hydroxyl groups is 3. The number of aromatic nitrogens is 1. The molecular formula is C15H15NO6. The van der Waals surface area contributed by atoms with Crippen molar-refractivity contribution in [2.75, 3.05) is 6.61 Å². The van der Waals surface area contributed by atoms with Gasteiger partial charge < -0.3 is 29.8 Å². The summed E-state index contributed by atoms with van der Waals surface area (Å²) in [4.78, 5) is 15.1. The van der Waals surface area contributed by atoms with E-state index in [0.717, 1.165) is 10.9 Å². The SMILES string of the molecule is O=C1OC2[C@@H](O)CO[C@]2(O)[C@@]1(O)Cc1cc2ccccc2[nH]1. The fourth-order valence-corrected chi connectivity index (χ4v) is 3.22. The fourth-order valence-electron chi connectivity index (χ4n) is 3.22. The molecule has 7 nitrogen and oxygen atoms in total. The zero-order valence-corrected chi connectivity index (χ0v) is 11.5. The number of nitrogens with one attached hydrogen (secondary N) is 1. The highest BCUT2D eigenvalue weighted by molar-refractivity contribution is 5.85. The third-order valence-electron chi connectivity index (χ3n) is 4.41. The lowest BCUT2D eigenvalue weighted by molar-refractivity contribution is -0.262. The minimum absolute atomic E-state index is 0.205. The lowest BCUT2D eigenvalue weighted by atomic mass is 9.87. The van der Waals surface area contributed by atoms with E-state index in [2.05, 4.69) is 4.98 Å². The fraction of sp³-hybridized carbons (Fsp3) is 0.400. The van der Waals surface area contributed by atoms with Gasteiger partial charge in [-0.15, -0.1) is 0 Å². The number of ether oxygens (including phenoxy) is 2. The monoisotopic (exact) mass is 305 g/mol. The Morgan fingerprint density at radius 2 is 2.09 bits per heavy atom. The summed E-state index contributed by atoms with van der Waals surface area (Å²) >= 11 is 0. The second-order valence-electron chi connectivity index (χ2n) is 5.82. The van der Waals surface area contributed by atoms with Gasteiger partial charge in [0, 0.05) is 17.6 Å². The average Bonchev–Trinajstić information content (AvgIpc) is 3.07. The van der Waals surface area contributed by atoms with Crippen molar-refractivity contribution >= 4 is 16.9 Å². The number of esters is 1. The van der Waals surface area contributed by atoms with E-state index in [1.807, 2.05) is 24.3 Å². The van der Waals surface area contributed by atoms with Gasteiger partial charge in [-0.2, -0.15) is 0 Å². The van der Waals surface area contributed by atoms with Crippen molar-refractivity contribution in [2.24, 2.45) is 0 Å². The van der Waals surface area contributed by atoms with Crippen molar-refractivity contribution < 1.29 is 29.6 Å². The minimum Gasteiger partial charge on any atom is -0.451 e. The summed E-state index contributed by atoms with van der Waals surface area (Å²) in [7, 11) is 0. The van der Waals surface area contributed by atoms with Gasteiger partial charge in [-0.1, -0.05) is 18.2 Å². The number of benzene rings is 1. The summed E-state index contributed by atoms with van der Waals surface area (Å²) in [5, 5.41) is 31.9. The van der Waals surface area contributed by atoms with Crippen molar-refractivity contribution in [2.45, 2.75) is 30.0 Å². The second-order valence-corrected chi connectivity index (χ2v) is 5.82. The smallest absolute Gasteiger partial charge is 0.345 e. The number of H-pyrrole nitrogens is 1. The molecule has 0 amide bonds. The van der Waals surface area contributed by atoms with E-state index < -0.39 is 29.6 Å². The van der Waals surface area contributed by atoms with E-state index in [0.29, 0.717) is 5.69 Å². The molecule has 0 saturated carbocycles. The predicted octanol–water partition coefficient (Wildman–Crippen LogP) is -0.553. The van der Waals surface area contributed by atoms with Crippen LogP contribution in [0.2, 0.25) is 0 Å². The summed E-state index contributed by atoms with van der Waals surface area (Å²) in [6.45, 7) is -0.205. The van der Waals surface area contributed by atoms with E-state index in [-0.39, 0.29) is 13.0 Å². The minimum atomic E-state index is -2.27. The number of aliphatic hydroxyl groups excluding tert-OH is 1. The molecule has 1 aromatic carbocycles. The lowest BCUT2D eigenvalue weighted by Crippen LogP contribution is -2.59. The highest BCUT2D eigenvalue weighted by Crippen LogP contribution is 2.44. The molecule has 0 aliphatic carbocycles. The Bertz CT molecular complexity index is 724. The predicted molar refractivity (Wildman–Crippen MR) is 73.7 cm³/mol. The van der Waals surface area contributed by atoms with Crippen LogP contribution >= 0.6 is 0 Å². The normalized spacial score (nSPS) is 37.5. The molecule has 4 N–H and O–H groups in total. The van der Waals surface area contributed by atoms with Crippen LogP contribution in [0.15, 0.2) is 30.3 Å². The first kappa shape index (κ1) is 13.7. The molecule has 2 fully saturated rings. The van der Waals surface area contributed by atoms with E-state index in [9.17, 15) is 20.1 Å². The summed E-state index contributed by atoms with van der Waals surface area (Å²) < 4.78 is 10.0. The van der Waals surface area contributed by atoms with E-state index in [1.54, 1.807) is 6.07 Å². The molecule has 2 saturated heterocycles. The number of rotatable bonds is 2. The Hall–Kier alpha value is -1.93. The quantitative estimate of drug-likeness (QED) is 0.554. The van der Waals surface area contributed by atoms with Gasteiger partial charge in [0.1, 0.15) is 6.10 Å². The van der Waals surface area contributed by atoms with Gasteiger partial charge in [-0.3, -0.25) is 0 Å². The van der Waals surface area contributed by atoms with Crippen LogP contribution in [0.1, 0.15) is 5.69 Å². The van der Waals surface area contributed by atoms with Crippen LogP contribution in [0.25, 0.3) is 10.9 Å². The third kappa shape index (κ3) is 1.62. The second kappa shape index (κ2) is 4.30. The number of aromatic amines is 1. The van der Waals surface area contributed by atoms with Crippen molar-refractivity contribution in [3.05, 3.63) is 36.0 Å². The van der Waals surface area contributed by atoms with Gasteiger partial charge in [0.2, 0.25) is 11.4 Å². The first-order valence-corrected chi connectivity index (χ1v) is 6.98. The van der Waals surface area contributed by atoms with E-state index in [1.165, 1.54) is 0 Å². The third-order valence-corrected chi connectivity index (χ3v) is 4.41. The largest absolute Gasteiger partial charge is 0.451 e. The van der Waals surface area contributed by atoms with Gasteiger partial charge in [-0.05, 0) is 17.5 Å². The molecule has 1 aromatic heterocycles. The van der Waals surface area contributed by atoms with Gasteiger partial charge in [0.25, 0.3) is 0 Å². The molecule has 1 unspecified atom stereocenters. The number of carbonyl (C=O) groups excluding carboxylic acids is 1. The first-order valence-electron chi connectivity index (χ1n) is 6.98. The molecule has 2 aliphatic rings. The lowest BCUT2D eigenvalue weighted by Gasteiger charge is -2.31. The number of hydrogen-bond acceptors (Lipinski definition) is 6. The topological polar surface area (TPSA) is 112 Å². The van der Waals surface area contributed by atoms with Gasteiger partial charge >= 0.3 is 5.97 Å². The van der Waals surface area contributed by atoms with Crippen LogP contribution in [-0.2, 0) is 20.7 Å². The summed E-state index contributed by atoms with van der Waals surface area (Å²) in [6, 6.07) is 9.27. The standard InChI is InChI=1S/C15H15NO6/c17-11-7-21-15(20)12(11)22-13(18)14(15,19)6-9-5-8-3-1-2-4-10(8)16-9/h1-5,11-12,16-17,19-20H,6-7H2/t11-,12?,14+,15-/m0/s1. The molecule has 116 valence electrons. The van der Waals surface area contributed by atoms with Crippen LogP contribution in [0.5, 0.6) is 0 Å². The van der Waals surface area contributed by atoms with Crippen LogP contribution in [0.3, 0.4) is 0 Å². The van der Waals surface area contributed by atoms with Crippen molar-refractivity contribution in [3.63, 3.8) is 0 Å². The molecule has 7 heteroatoms. The molecule has 3 heterocycles. The van der Waals surface area contributed by atoms with Gasteiger partial charge in [0.15, 0.2) is 6.10 Å². The number of hydrogen-bond donors (Lipinski definition) is 4. The van der Waals surface area contributed by atoms with Crippen LogP contribution in [0.4, 0.5) is 0 Å². The van der Waals surface area contributed by atoms with E-state index >= 15 is 0 Å². The van der Waals surface area contributed by atoms with E-state index in [4.69, 9.17) is 9.47 Å². The van der Waals surface area contributed by atoms with Crippen LogP contribution < -0.4 is 0 Å². The number of carbonyl (C=O) groups is 1. The molecule has 0 radical (unpaired) electrons. The molecule has 4 atom stereocenters. The molecule has 0 bridgehead atoms. The summed E-state index contributed by atoms with van der Waals surface area (Å²) in [6.07, 6.45) is -2.65. The average molecular weight is 305 g/mol. The molecule has 4 rings (SSSR count). The van der Waals surface area contributed by atoms with Crippen molar-refractivity contribution in [3.8, 4) is 0 Å². The zero-order chi connectivity index (χ0) is 15.5. The maximum atomic E-state index is 12.0. The van der Waals surface area contributed by atoms with Crippen molar-refractivity contribution in [1.82, 2.24) is 4.98 Å².